The Labute approximate surface area is 109 Å². The fourth-order valence-electron chi connectivity index (χ4n) is 2.62. The first-order valence-electron chi connectivity index (χ1n) is 6.72. The molecule has 3 heteroatoms. The lowest BCUT2D eigenvalue weighted by Gasteiger charge is -2.27. The van der Waals surface area contributed by atoms with Crippen molar-refractivity contribution in [1.29, 1.82) is 0 Å². The van der Waals surface area contributed by atoms with Gasteiger partial charge >= 0.3 is 6.03 Å². The Morgan fingerprint density at radius 3 is 2.78 bits per heavy atom. The summed E-state index contributed by atoms with van der Waals surface area (Å²) in [6.45, 7) is 6.97. The van der Waals surface area contributed by atoms with Gasteiger partial charge in [-0.25, -0.2) is 4.79 Å². The zero-order valence-corrected chi connectivity index (χ0v) is 11.4. The molecule has 2 amide bonds. The third-order valence-electron chi connectivity index (χ3n) is 3.47. The standard InChI is InChI=1S/C15H22N2O/c1-11(2)16-15(18)17-10-6-9-14(17)13-8-5-4-7-12(13)3/h4-5,7-8,11,14H,6,9-10H2,1-3H3,(H,16,18)/t14-/m1/s1. The second-order valence-corrected chi connectivity index (χ2v) is 5.31. The molecule has 0 aromatic heterocycles. The molecule has 98 valence electrons. The van der Waals surface area contributed by atoms with Crippen LogP contribution in [-0.2, 0) is 0 Å². The molecule has 3 nitrogen and oxygen atoms in total. The van der Waals surface area contributed by atoms with Gasteiger partial charge in [0.15, 0.2) is 0 Å². The van der Waals surface area contributed by atoms with E-state index < -0.39 is 0 Å². The Balaban J connectivity index is 2.18. The van der Waals surface area contributed by atoms with Crippen LogP contribution in [0.1, 0.15) is 43.9 Å². The van der Waals surface area contributed by atoms with Crippen molar-refractivity contribution >= 4 is 6.03 Å². The number of aryl methyl sites for hydroxylation is 1. The van der Waals surface area contributed by atoms with E-state index in [0.717, 1.165) is 19.4 Å². The van der Waals surface area contributed by atoms with Gasteiger partial charge in [0.25, 0.3) is 0 Å². The smallest absolute Gasteiger partial charge is 0.318 e. The summed E-state index contributed by atoms with van der Waals surface area (Å²) < 4.78 is 0. The maximum atomic E-state index is 12.2. The summed E-state index contributed by atoms with van der Waals surface area (Å²) in [7, 11) is 0. The fourth-order valence-corrected chi connectivity index (χ4v) is 2.62. The molecule has 0 unspecified atom stereocenters. The van der Waals surface area contributed by atoms with Crippen molar-refractivity contribution in [3.8, 4) is 0 Å². The van der Waals surface area contributed by atoms with Crippen LogP contribution in [-0.4, -0.2) is 23.5 Å². The van der Waals surface area contributed by atoms with E-state index in [9.17, 15) is 4.79 Å². The summed E-state index contributed by atoms with van der Waals surface area (Å²) in [6, 6.07) is 8.86. The van der Waals surface area contributed by atoms with Gasteiger partial charge in [-0.15, -0.1) is 0 Å². The van der Waals surface area contributed by atoms with Crippen molar-refractivity contribution < 1.29 is 4.79 Å². The zero-order valence-electron chi connectivity index (χ0n) is 11.4. The first-order chi connectivity index (χ1) is 8.59. The Morgan fingerprint density at radius 2 is 2.11 bits per heavy atom. The predicted molar refractivity (Wildman–Crippen MR) is 73.5 cm³/mol. The van der Waals surface area contributed by atoms with Crippen molar-refractivity contribution in [2.45, 2.75) is 45.7 Å². The summed E-state index contributed by atoms with van der Waals surface area (Å²) in [5.74, 6) is 0. The minimum Gasteiger partial charge on any atom is -0.336 e. The van der Waals surface area contributed by atoms with Crippen LogP contribution < -0.4 is 5.32 Å². The molecule has 1 aromatic rings. The van der Waals surface area contributed by atoms with E-state index in [-0.39, 0.29) is 18.1 Å². The van der Waals surface area contributed by atoms with E-state index >= 15 is 0 Å². The van der Waals surface area contributed by atoms with E-state index in [4.69, 9.17) is 0 Å². The molecule has 0 bridgehead atoms. The largest absolute Gasteiger partial charge is 0.336 e. The van der Waals surface area contributed by atoms with Gasteiger partial charge in [-0.2, -0.15) is 0 Å². The lowest BCUT2D eigenvalue weighted by Crippen LogP contribution is -2.42. The normalized spacial score (nSPS) is 19.3. The number of rotatable bonds is 2. The third kappa shape index (κ3) is 2.66. The molecule has 2 rings (SSSR count). The minimum atomic E-state index is 0.0655. The highest BCUT2D eigenvalue weighted by atomic mass is 16.2. The van der Waals surface area contributed by atoms with Crippen LogP contribution in [0.3, 0.4) is 0 Å². The molecule has 1 aliphatic heterocycles. The van der Waals surface area contributed by atoms with Gasteiger partial charge in [-0.05, 0) is 44.7 Å². The van der Waals surface area contributed by atoms with Crippen molar-refractivity contribution in [2.24, 2.45) is 0 Å². The maximum Gasteiger partial charge on any atom is 0.318 e. The number of benzene rings is 1. The number of carbonyl (C=O) groups is 1. The lowest BCUT2D eigenvalue weighted by atomic mass is 9.99. The third-order valence-corrected chi connectivity index (χ3v) is 3.47. The Kier molecular flexibility index (Phi) is 3.90. The number of urea groups is 1. The summed E-state index contributed by atoms with van der Waals surface area (Å²) >= 11 is 0. The molecule has 18 heavy (non-hydrogen) atoms. The zero-order chi connectivity index (χ0) is 13.1. The monoisotopic (exact) mass is 246 g/mol. The van der Waals surface area contributed by atoms with Gasteiger partial charge in [-0.1, -0.05) is 24.3 Å². The molecule has 0 spiro atoms. The topological polar surface area (TPSA) is 32.3 Å². The molecule has 1 heterocycles. The first-order valence-corrected chi connectivity index (χ1v) is 6.72. The summed E-state index contributed by atoms with van der Waals surface area (Å²) in [5.41, 5.74) is 2.56. The molecule has 1 aromatic carbocycles. The number of likely N-dealkylation sites (tertiary alicyclic amines) is 1. The maximum absolute atomic E-state index is 12.2. The number of hydrogen-bond donors (Lipinski definition) is 1. The SMILES string of the molecule is Cc1ccccc1[C@H]1CCCN1C(=O)NC(C)C. The highest BCUT2D eigenvalue weighted by Crippen LogP contribution is 2.33. The fraction of sp³-hybridized carbons (Fsp3) is 0.533. The molecule has 1 saturated heterocycles. The summed E-state index contributed by atoms with van der Waals surface area (Å²) in [4.78, 5) is 14.1. The van der Waals surface area contributed by atoms with E-state index in [1.54, 1.807) is 0 Å². The van der Waals surface area contributed by atoms with E-state index in [1.807, 2.05) is 24.8 Å². The molecule has 1 N–H and O–H groups in total. The predicted octanol–water partition coefficient (Wildman–Crippen LogP) is 3.25. The van der Waals surface area contributed by atoms with Crippen LogP contribution in [0.25, 0.3) is 0 Å². The summed E-state index contributed by atoms with van der Waals surface area (Å²) in [5, 5.41) is 2.99. The van der Waals surface area contributed by atoms with Crippen molar-refractivity contribution in [3.63, 3.8) is 0 Å². The quantitative estimate of drug-likeness (QED) is 0.853. The van der Waals surface area contributed by atoms with Crippen LogP contribution >= 0.6 is 0 Å². The molecular formula is C15H22N2O. The number of nitrogens with one attached hydrogen (secondary N) is 1. The molecule has 0 aliphatic carbocycles. The van der Waals surface area contributed by atoms with Crippen LogP contribution in [0.2, 0.25) is 0 Å². The van der Waals surface area contributed by atoms with Gasteiger partial charge in [0.1, 0.15) is 0 Å². The van der Waals surface area contributed by atoms with Crippen LogP contribution in [0, 0.1) is 6.92 Å². The summed E-state index contributed by atoms with van der Waals surface area (Å²) in [6.07, 6.45) is 2.15. The molecule has 1 aliphatic rings. The van der Waals surface area contributed by atoms with Gasteiger partial charge < -0.3 is 10.2 Å². The van der Waals surface area contributed by atoms with Gasteiger partial charge in [0.2, 0.25) is 0 Å². The molecular weight excluding hydrogens is 224 g/mol. The van der Waals surface area contributed by atoms with E-state index in [1.165, 1.54) is 11.1 Å². The first kappa shape index (κ1) is 12.9. The highest BCUT2D eigenvalue weighted by molar-refractivity contribution is 5.75. The number of amides is 2. The van der Waals surface area contributed by atoms with Crippen molar-refractivity contribution in [1.82, 2.24) is 10.2 Å². The highest BCUT2D eigenvalue weighted by Gasteiger charge is 2.30. The van der Waals surface area contributed by atoms with E-state index in [0.29, 0.717) is 0 Å². The molecule has 0 radical (unpaired) electrons. The Morgan fingerprint density at radius 1 is 1.39 bits per heavy atom. The average molecular weight is 246 g/mol. The average Bonchev–Trinajstić information content (AvgIpc) is 2.77. The molecule has 1 atom stereocenters. The van der Waals surface area contributed by atoms with E-state index in [2.05, 4.69) is 30.4 Å². The van der Waals surface area contributed by atoms with Crippen molar-refractivity contribution in [3.05, 3.63) is 35.4 Å². The molecule has 1 fully saturated rings. The van der Waals surface area contributed by atoms with Gasteiger partial charge in [0, 0.05) is 12.6 Å². The second-order valence-electron chi connectivity index (χ2n) is 5.31. The van der Waals surface area contributed by atoms with Crippen LogP contribution in [0.4, 0.5) is 4.79 Å². The number of carbonyl (C=O) groups excluding carboxylic acids is 1. The Hall–Kier alpha value is -1.51. The van der Waals surface area contributed by atoms with Crippen LogP contribution in [0.15, 0.2) is 24.3 Å². The molecule has 0 saturated carbocycles. The Bertz CT molecular complexity index is 428. The number of hydrogen-bond acceptors (Lipinski definition) is 1. The van der Waals surface area contributed by atoms with Crippen LogP contribution in [0.5, 0.6) is 0 Å². The lowest BCUT2D eigenvalue weighted by molar-refractivity contribution is 0.190. The number of nitrogens with zero attached hydrogens (tertiary/aromatic N) is 1. The van der Waals surface area contributed by atoms with Gasteiger partial charge in [-0.3, -0.25) is 0 Å². The minimum absolute atomic E-state index is 0.0655. The second kappa shape index (κ2) is 5.42. The van der Waals surface area contributed by atoms with Gasteiger partial charge in [0.05, 0.1) is 6.04 Å². The van der Waals surface area contributed by atoms with Crippen molar-refractivity contribution in [2.75, 3.05) is 6.54 Å².